The Hall–Kier alpha value is -3.32. The third kappa shape index (κ3) is 5.73. The van der Waals surface area contributed by atoms with E-state index in [1.807, 2.05) is 31.2 Å². The second-order valence-corrected chi connectivity index (χ2v) is 8.44. The molecule has 3 aromatic rings. The Morgan fingerprint density at radius 1 is 1.18 bits per heavy atom. The summed E-state index contributed by atoms with van der Waals surface area (Å²) in [6, 6.07) is 18.0. The van der Waals surface area contributed by atoms with Gasteiger partial charge in [-0.25, -0.2) is 0 Å². The van der Waals surface area contributed by atoms with E-state index in [0.29, 0.717) is 36.2 Å². The third-order valence-corrected chi connectivity index (χ3v) is 5.89. The number of aromatic nitrogens is 2. The lowest BCUT2D eigenvalue weighted by Gasteiger charge is -2.33. The summed E-state index contributed by atoms with van der Waals surface area (Å²) < 4.78 is 6.80. The van der Waals surface area contributed by atoms with Crippen LogP contribution in [-0.2, 0) is 11.3 Å². The molecule has 1 aromatic heterocycles. The summed E-state index contributed by atoms with van der Waals surface area (Å²) in [5, 5.41) is 8.13. The average molecular weight is 467 g/mol. The smallest absolute Gasteiger partial charge is 0.271 e. The van der Waals surface area contributed by atoms with E-state index in [2.05, 4.69) is 15.3 Å². The zero-order valence-corrected chi connectivity index (χ0v) is 19.3. The molecule has 1 aliphatic rings. The van der Waals surface area contributed by atoms with E-state index in [4.69, 9.17) is 16.3 Å². The van der Waals surface area contributed by atoms with Gasteiger partial charge < -0.3 is 15.0 Å². The predicted molar refractivity (Wildman–Crippen MR) is 129 cm³/mol. The number of hydrogen-bond donors (Lipinski definition) is 1. The van der Waals surface area contributed by atoms with Gasteiger partial charge in [0.15, 0.2) is 0 Å². The number of amides is 1. The van der Waals surface area contributed by atoms with Crippen LogP contribution in [-0.4, -0.2) is 35.4 Å². The number of rotatable bonds is 7. The minimum atomic E-state index is -0.234. The van der Waals surface area contributed by atoms with E-state index in [0.717, 1.165) is 30.7 Å². The lowest BCUT2D eigenvalue weighted by atomic mass is 9.97. The van der Waals surface area contributed by atoms with E-state index < -0.39 is 0 Å². The maximum atomic E-state index is 12.8. The van der Waals surface area contributed by atoms with Crippen LogP contribution in [0.25, 0.3) is 5.69 Å². The molecule has 4 rings (SSSR count). The molecule has 0 saturated carbocycles. The molecule has 0 bridgehead atoms. The lowest BCUT2D eigenvalue weighted by molar-refractivity contribution is -0.125. The molecule has 0 spiro atoms. The van der Waals surface area contributed by atoms with Crippen LogP contribution in [0.5, 0.6) is 5.75 Å². The van der Waals surface area contributed by atoms with E-state index in [9.17, 15) is 9.59 Å². The van der Waals surface area contributed by atoms with E-state index in [1.54, 1.807) is 30.3 Å². The number of anilines is 1. The molecule has 0 unspecified atom stereocenters. The molecule has 1 amide bonds. The molecule has 2 heterocycles. The van der Waals surface area contributed by atoms with Gasteiger partial charge in [-0.2, -0.15) is 4.68 Å². The maximum absolute atomic E-state index is 12.8. The Bertz CT molecular complexity index is 1160. The van der Waals surface area contributed by atoms with Crippen molar-refractivity contribution in [1.29, 1.82) is 0 Å². The number of carbonyl (C=O) groups is 1. The van der Waals surface area contributed by atoms with Gasteiger partial charge in [-0.1, -0.05) is 29.8 Å². The van der Waals surface area contributed by atoms with Gasteiger partial charge in [0.2, 0.25) is 5.91 Å². The first-order valence-corrected chi connectivity index (χ1v) is 11.5. The van der Waals surface area contributed by atoms with Crippen molar-refractivity contribution in [1.82, 2.24) is 15.1 Å². The Morgan fingerprint density at radius 3 is 2.76 bits per heavy atom. The fraction of sp³-hybridized carbons (Fsp3) is 0.320. The van der Waals surface area contributed by atoms with E-state index in [-0.39, 0.29) is 17.4 Å². The SMILES string of the molecule is CCOc1ccc(CNC(=O)[C@@H]2CCCN(c3ccc(=O)n(-c4cccc(Cl)c4)n3)C2)cc1. The second kappa shape index (κ2) is 10.5. The summed E-state index contributed by atoms with van der Waals surface area (Å²) in [5.74, 6) is 1.37. The Kier molecular flexibility index (Phi) is 7.29. The standard InChI is InChI=1S/C25H27ClN4O3/c1-2-33-22-10-8-18(9-11-22)16-27-25(32)19-5-4-14-29(17-19)23-12-13-24(31)30(28-23)21-7-3-6-20(26)15-21/h3,6-13,15,19H,2,4-5,14,16-17H2,1H3,(H,27,32)/t19-/m1/s1. The molecule has 1 atom stereocenters. The number of hydrogen-bond acceptors (Lipinski definition) is 5. The van der Waals surface area contributed by atoms with Crippen molar-refractivity contribution < 1.29 is 9.53 Å². The van der Waals surface area contributed by atoms with Crippen LogP contribution < -0.4 is 20.5 Å². The van der Waals surface area contributed by atoms with Crippen molar-refractivity contribution in [3.63, 3.8) is 0 Å². The number of halogens is 1. The molecule has 1 saturated heterocycles. The van der Waals surface area contributed by atoms with Crippen LogP contribution >= 0.6 is 11.6 Å². The fourth-order valence-corrected chi connectivity index (χ4v) is 4.15. The van der Waals surface area contributed by atoms with E-state index in [1.165, 1.54) is 10.7 Å². The Morgan fingerprint density at radius 2 is 2.00 bits per heavy atom. The van der Waals surface area contributed by atoms with Crippen molar-refractivity contribution in [2.45, 2.75) is 26.3 Å². The highest BCUT2D eigenvalue weighted by atomic mass is 35.5. The molecule has 0 aliphatic carbocycles. The van der Waals surface area contributed by atoms with Crippen LogP contribution in [0.2, 0.25) is 5.02 Å². The summed E-state index contributed by atoms with van der Waals surface area (Å²) in [4.78, 5) is 27.3. The molecule has 2 aromatic carbocycles. The highest BCUT2D eigenvalue weighted by Crippen LogP contribution is 2.22. The van der Waals surface area contributed by atoms with Crippen LogP contribution in [0.15, 0.2) is 65.5 Å². The molecule has 1 N–H and O–H groups in total. The third-order valence-electron chi connectivity index (χ3n) is 5.66. The summed E-state index contributed by atoms with van der Waals surface area (Å²) in [7, 11) is 0. The number of nitrogens with zero attached hydrogens (tertiary/aromatic N) is 3. The summed E-state index contributed by atoms with van der Waals surface area (Å²) >= 11 is 6.08. The van der Waals surface area contributed by atoms with Crippen molar-refractivity contribution >= 4 is 23.3 Å². The number of nitrogens with one attached hydrogen (secondary N) is 1. The van der Waals surface area contributed by atoms with Gasteiger partial charge in [0.1, 0.15) is 11.6 Å². The average Bonchev–Trinajstić information content (AvgIpc) is 2.84. The van der Waals surface area contributed by atoms with Gasteiger partial charge >= 0.3 is 0 Å². The van der Waals surface area contributed by atoms with Gasteiger partial charge in [0, 0.05) is 30.7 Å². The normalized spacial score (nSPS) is 15.8. The van der Waals surface area contributed by atoms with Gasteiger partial charge in [-0.3, -0.25) is 9.59 Å². The molecule has 8 heteroatoms. The van der Waals surface area contributed by atoms with Gasteiger partial charge in [0.25, 0.3) is 5.56 Å². The second-order valence-electron chi connectivity index (χ2n) is 8.00. The van der Waals surface area contributed by atoms with Crippen molar-refractivity contribution in [3.8, 4) is 11.4 Å². The van der Waals surface area contributed by atoms with Gasteiger partial charge in [0.05, 0.1) is 18.2 Å². The Balaban J connectivity index is 1.41. The monoisotopic (exact) mass is 466 g/mol. The minimum Gasteiger partial charge on any atom is -0.494 e. The summed E-state index contributed by atoms with van der Waals surface area (Å²) in [6.07, 6.45) is 1.69. The van der Waals surface area contributed by atoms with Crippen molar-refractivity contribution in [2.24, 2.45) is 5.92 Å². The lowest BCUT2D eigenvalue weighted by Crippen LogP contribution is -2.43. The zero-order valence-electron chi connectivity index (χ0n) is 18.5. The maximum Gasteiger partial charge on any atom is 0.271 e. The highest BCUT2D eigenvalue weighted by molar-refractivity contribution is 6.30. The molecule has 33 heavy (non-hydrogen) atoms. The zero-order chi connectivity index (χ0) is 23.2. The van der Waals surface area contributed by atoms with Crippen molar-refractivity contribution in [3.05, 3.63) is 81.6 Å². The first-order chi connectivity index (χ1) is 16.0. The largest absolute Gasteiger partial charge is 0.494 e. The first kappa shape index (κ1) is 22.9. The molecule has 0 radical (unpaired) electrons. The predicted octanol–water partition coefficient (Wildman–Crippen LogP) is 3.82. The summed E-state index contributed by atoms with van der Waals surface area (Å²) in [5.41, 5.74) is 1.40. The van der Waals surface area contributed by atoms with E-state index >= 15 is 0 Å². The van der Waals surface area contributed by atoms with Crippen LogP contribution in [0.3, 0.4) is 0 Å². The van der Waals surface area contributed by atoms with Crippen LogP contribution in [0, 0.1) is 5.92 Å². The van der Waals surface area contributed by atoms with Gasteiger partial charge in [-0.05, 0) is 61.7 Å². The number of carbonyl (C=O) groups excluding carboxylic acids is 1. The topological polar surface area (TPSA) is 76.5 Å². The molecule has 172 valence electrons. The first-order valence-electron chi connectivity index (χ1n) is 11.1. The molecule has 1 aliphatic heterocycles. The quantitative estimate of drug-likeness (QED) is 0.573. The molecule has 7 nitrogen and oxygen atoms in total. The Labute approximate surface area is 197 Å². The minimum absolute atomic E-state index is 0.0248. The summed E-state index contributed by atoms with van der Waals surface area (Å²) in [6.45, 7) is 4.38. The van der Waals surface area contributed by atoms with Crippen LogP contribution in [0.4, 0.5) is 5.82 Å². The highest BCUT2D eigenvalue weighted by Gasteiger charge is 2.26. The number of benzene rings is 2. The molecule has 1 fully saturated rings. The van der Waals surface area contributed by atoms with Gasteiger partial charge in [-0.15, -0.1) is 5.10 Å². The van der Waals surface area contributed by atoms with Crippen molar-refractivity contribution in [2.75, 3.05) is 24.6 Å². The molecular formula is C25H27ClN4O3. The molecular weight excluding hydrogens is 440 g/mol. The number of piperidine rings is 1. The van der Waals surface area contributed by atoms with Crippen LogP contribution in [0.1, 0.15) is 25.3 Å². The number of ether oxygens (including phenoxy) is 1. The fourth-order valence-electron chi connectivity index (χ4n) is 3.97.